The first-order valence-electron chi connectivity index (χ1n) is 1.48. The Kier molecular flexibility index (Phi) is 3.52. The highest BCUT2D eigenvalue weighted by atomic mass is 35.6. The van der Waals surface area contributed by atoms with Crippen molar-refractivity contribution >= 4 is 43.3 Å². The van der Waals surface area contributed by atoms with Crippen LogP contribution in [0.5, 0.6) is 0 Å². The first-order chi connectivity index (χ1) is 3.06. The van der Waals surface area contributed by atoms with Crippen LogP contribution in [-0.2, 0) is 4.57 Å². The van der Waals surface area contributed by atoms with Gasteiger partial charge in [-0.25, -0.2) is 0 Å². The predicted molar refractivity (Wildman–Crippen MR) is 34.2 cm³/mol. The summed E-state index contributed by atoms with van der Waals surface area (Å²) in [4.78, 5) is 0. The Morgan fingerprint density at radius 1 is 1.43 bits per heavy atom. The van der Waals surface area contributed by atoms with Crippen LogP contribution >= 0.6 is 43.3 Å². The molecule has 0 saturated heterocycles. The van der Waals surface area contributed by atoms with E-state index in [1.54, 1.807) is 0 Å². The molecule has 0 aromatic carbocycles. The third-order valence-electron chi connectivity index (χ3n) is 0.273. The van der Waals surface area contributed by atoms with Crippen molar-refractivity contribution < 1.29 is 4.57 Å². The summed E-state index contributed by atoms with van der Waals surface area (Å²) in [6, 6.07) is 0. The number of hydrogen-bond acceptors (Lipinski definition) is 1. The van der Waals surface area contributed by atoms with E-state index in [0.717, 1.165) is 0 Å². The van der Waals surface area contributed by atoms with Gasteiger partial charge in [0.1, 0.15) is 0 Å². The molecule has 1 nitrogen and oxygen atoms in total. The van der Waals surface area contributed by atoms with Crippen LogP contribution in [0.1, 0.15) is 0 Å². The lowest BCUT2D eigenvalue weighted by atomic mass is 10.9. The zero-order valence-corrected chi connectivity index (χ0v) is 6.52. The minimum atomic E-state index is -1.33. The molecular weight excluding hydrogens is 177 g/mol. The number of halogens is 3. The van der Waals surface area contributed by atoms with Gasteiger partial charge in [0.25, 0.3) is 0 Å². The maximum absolute atomic E-state index is 9.72. The molecule has 0 rings (SSSR count). The quantitative estimate of drug-likeness (QED) is 0.447. The summed E-state index contributed by atoms with van der Waals surface area (Å²) >= 11 is 15.5. The highest BCUT2D eigenvalue weighted by Crippen LogP contribution is 2.28. The number of hydrogen-bond donors (Lipinski definition) is 0. The van der Waals surface area contributed by atoms with Crippen LogP contribution in [0.15, 0.2) is 0 Å². The van der Waals surface area contributed by atoms with Crippen molar-refractivity contribution in [1.29, 1.82) is 0 Å². The van der Waals surface area contributed by atoms with E-state index in [-0.39, 0.29) is 6.16 Å². The molecule has 7 heavy (non-hydrogen) atoms. The Morgan fingerprint density at radius 3 is 1.86 bits per heavy atom. The van der Waals surface area contributed by atoms with Crippen LogP contribution in [0, 0.1) is 0 Å². The molecule has 0 aliphatic rings. The molecule has 1 atom stereocenters. The summed E-state index contributed by atoms with van der Waals surface area (Å²) in [6.45, 7) is 0. The Balaban J connectivity index is 3.34. The normalized spacial score (nSPS) is 12.4. The summed E-state index contributed by atoms with van der Waals surface area (Å²) < 4.78 is 8.39. The smallest absolute Gasteiger partial charge is 0.0788 e. The van der Waals surface area contributed by atoms with E-state index in [0.29, 0.717) is 0 Å². The van der Waals surface area contributed by atoms with Crippen molar-refractivity contribution in [3.63, 3.8) is 0 Å². The zero-order chi connectivity index (χ0) is 5.91. The van der Waals surface area contributed by atoms with Gasteiger partial charge in [0.05, 0.1) is 0 Å². The molecule has 0 heterocycles. The van der Waals surface area contributed by atoms with Gasteiger partial charge in [0.15, 0.2) is 6.16 Å². The first kappa shape index (κ1) is 7.97. The first-order valence-corrected chi connectivity index (χ1v) is 3.73. The average molecular weight is 180 g/mol. The molecule has 1 unspecified atom stereocenters. The molecule has 0 amide bonds. The molecule has 0 aliphatic carbocycles. The molecular formula is C2H3Cl3OP+. The van der Waals surface area contributed by atoms with Gasteiger partial charge >= 0.3 is 8.46 Å². The maximum atomic E-state index is 9.72. The second kappa shape index (κ2) is 3.09. The van der Waals surface area contributed by atoms with Gasteiger partial charge in [0, 0.05) is 0 Å². The Morgan fingerprint density at radius 2 is 1.86 bits per heavy atom. The highest BCUT2D eigenvalue weighted by Gasteiger charge is 2.23. The van der Waals surface area contributed by atoms with Crippen LogP contribution in [0.3, 0.4) is 0 Å². The van der Waals surface area contributed by atoms with Crippen LogP contribution in [0.25, 0.3) is 0 Å². The van der Waals surface area contributed by atoms with E-state index in [1.807, 2.05) is 0 Å². The van der Waals surface area contributed by atoms with E-state index < -0.39 is 12.3 Å². The van der Waals surface area contributed by atoms with E-state index in [4.69, 9.17) is 34.8 Å². The van der Waals surface area contributed by atoms with Crippen molar-refractivity contribution in [2.24, 2.45) is 0 Å². The van der Waals surface area contributed by atoms with Crippen LogP contribution in [0.2, 0.25) is 0 Å². The van der Waals surface area contributed by atoms with Gasteiger partial charge in [-0.1, -0.05) is 39.4 Å². The van der Waals surface area contributed by atoms with Gasteiger partial charge in [-0.15, -0.1) is 0 Å². The minimum Gasteiger partial charge on any atom is -0.0788 e. The third kappa shape index (κ3) is 6.97. The van der Waals surface area contributed by atoms with Gasteiger partial charge < -0.3 is 0 Å². The summed E-state index contributed by atoms with van der Waals surface area (Å²) in [6.07, 6.45) is 0.109. The maximum Gasteiger partial charge on any atom is 0.329 e. The van der Waals surface area contributed by atoms with Crippen molar-refractivity contribution in [3.8, 4) is 0 Å². The van der Waals surface area contributed by atoms with E-state index in [1.165, 1.54) is 0 Å². The van der Waals surface area contributed by atoms with Gasteiger partial charge in [-0.05, 0) is 0 Å². The monoisotopic (exact) mass is 179 g/mol. The molecule has 0 fully saturated rings. The van der Waals surface area contributed by atoms with E-state index in [9.17, 15) is 4.57 Å². The molecule has 0 bridgehead atoms. The number of alkyl halides is 3. The second-order valence-electron chi connectivity index (χ2n) is 0.936. The van der Waals surface area contributed by atoms with Crippen LogP contribution in [0.4, 0.5) is 0 Å². The van der Waals surface area contributed by atoms with Gasteiger partial charge in [-0.2, -0.15) is 0 Å². The fourth-order valence-corrected chi connectivity index (χ4v) is 0.736. The molecule has 5 heteroatoms. The van der Waals surface area contributed by atoms with Crippen molar-refractivity contribution in [3.05, 3.63) is 0 Å². The van der Waals surface area contributed by atoms with Crippen LogP contribution < -0.4 is 0 Å². The molecule has 0 aromatic rings. The molecule has 0 radical (unpaired) electrons. The second-order valence-corrected chi connectivity index (χ2v) is 4.09. The molecule has 0 spiro atoms. The SMILES string of the molecule is O=[PH+]CC(Cl)(Cl)Cl. The predicted octanol–water partition coefficient (Wildman–Crippen LogP) is 2.38. The lowest BCUT2D eigenvalue weighted by Crippen LogP contribution is -2.01. The lowest BCUT2D eigenvalue weighted by Gasteiger charge is -1.96. The summed E-state index contributed by atoms with van der Waals surface area (Å²) in [5, 5.41) is 0. The fourth-order valence-electron chi connectivity index (χ4n) is 0.0818. The molecule has 0 N–H and O–H groups in total. The summed E-state index contributed by atoms with van der Waals surface area (Å²) in [7, 11) is -0.537. The van der Waals surface area contributed by atoms with Gasteiger partial charge in [-0.3, -0.25) is 0 Å². The van der Waals surface area contributed by atoms with E-state index in [2.05, 4.69) is 0 Å². The average Bonchev–Trinajstić information content (AvgIpc) is 1.30. The highest BCUT2D eigenvalue weighted by molar-refractivity contribution is 7.24. The molecule has 0 saturated carbocycles. The molecule has 42 valence electrons. The minimum absolute atomic E-state index is 0.109. The van der Waals surface area contributed by atoms with Crippen molar-refractivity contribution in [2.75, 3.05) is 6.16 Å². The third-order valence-corrected chi connectivity index (χ3v) is 2.02. The summed E-state index contributed by atoms with van der Waals surface area (Å²) in [5.74, 6) is 0. The lowest BCUT2D eigenvalue weighted by molar-refractivity contribution is 0.598. The van der Waals surface area contributed by atoms with Crippen molar-refractivity contribution in [1.82, 2.24) is 0 Å². The largest absolute Gasteiger partial charge is 0.329 e. The van der Waals surface area contributed by atoms with Crippen molar-refractivity contribution in [2.45, 2.75) is 3.79 Å². The molecule has 0 aromatic heterocycles. The van der Waals surface area contributed by atoms with Crippen LogP contribution in [-0.4, -0.2) is 9.95 Å². The Hall–Kier alpha value is 0.970. The molecule has 0 aliphatic heterocycles. The summed E-state index contributed by atoms with van der Waals surface area (Å²) in [5.41, 5.74) is 0. The zero-order valence-electron chi connectivity index (χ0n) is 3.25. The Labute approximate surface area is 58.1 Å². The fraction of sp³-hybridized carbons (Fsp3) is 1.00. The van der Waals surface area contributed by atoms with E-state index >= 15 is 0 Å². The standard InChI is InChI=1S/C2H2Cl3OP/c3-2(4,5)1-7-6/h1H2/p+1. The topological polar surface area (TPSA) is 17.1 Å². The van der Waals surface area contributed by atoms with Gasteiger partial charge in [0.2, 0.25) is 3.79 Å². The number of rotatable bonds is 1. The Bertz CT molecular complexity index is 67.8.